The Hall–Kier alpha value is -3.02. The van der Waals surface area contributed by atoms with Crippen molar-refractivity contribution in [3.8, 4) is 11.4 Å². The molecular weight excluding hydrogens is 304 g/mol. The predicted molar refractivity (Wildman–Crippen MR) is 90.3 cm³/mol. The summed E-state index contributed by atoms with van der Waals surface area (Å²) in [4.78, 5) is 20.2. The smallest absolute Gasteiger partial charge is 0.226 e. The first-order valence-corrected chi connectivity index (χ1v) is 7.80. The molecule has 2 aromatic heterocycles. The first kappa shape index (κ1) is 15.9. The maximum atomic E-state index is 11.9. The number of pyridine rings is 1. The Morgan fingerprint density at radius 3 is 2.62 bits per heavy atom. The van der Waals surface area contributed by atoms with Crippen LogP contribution in [0.5, 0.6) is 0 Å². The van der Waals surface area contributed by atoms with Gasteiger partial charge in [-0.3, -0.25) is 9.78 Å². The van der Waals surface area contributed by atoms with E-state index in [9.17, 15) is 4.79 Å². The lowest BCUT2D eigenvalue weighted by atomic mass is 10.2. The molecule has 3 aromatic rings. The lowest BCUT2D eigenvalue weighted by molar-refractivity contribution is -0.116. The van der Waals surface area contributed by atoms with E-state index >= 15 is 0 Å². The number of amides is 1. The maximum Gasteiger partial charge on any atom is 0.226 e. The van der Waals surface area contributed by atoms with Crippen molar-refractivity contribution in [1.82, 2.24) is 15.1 Å². The number of carbonyl (C=O) groups is 1. The third-order valence-corrected chi connectivity index (χ3v) is 3.54. The van der Waals surface area contributed by atoms with E-state index in [-0.39, 0.29) is 5.91 Å². The molecule has 0 spiro atoms. The lowest BCUT2D eigenvalue weighted by Gasteiger charge is -2.04. The number of hydrogen-bond donors (Lipinski definition) is 1. The van der Waals surface area contributed by atoms with Crippen molar-refractivity contribution in [2.24, 2.45) is 0 Å². The number of carbonyl (C=O) groups excluding carboxylic acids is 1. The highest BCUT2D eigenvalue weighted by atomic mass is 16.5. The van der Waals surface area contributed by atoms with Crippen molar-refractivity contribution in [3.05, 3.63) is 60.2 Å². The van der Waals surface area contributed by atoms with Crippen LogP contribution in [-0.4, -0.2) is 21.0 Å². The van der Waals surface area contributed by atoms with Crippen LogP contribution in [0, 0.1) is 6.92 Å². The van der Waals surface area contributed by atoms with Gasteiger partial charge >= 0.3 is 0 Å². The molecule has 0 aliphatic heterocycles. The molecule has 0 aliphatic carbocycles. The molecule has 0 unspecified atom stereocenters. The van der Waals surface area contributed by atoms with Gasteiger partial charge in [-0.2, -0.15) is 4.98 Å². The fourth-order valence-electron chi connectivity index (χ4n) is 2.24. The second kappa shape index (κ2) is 7.50. The number of rotatable bonds is 6. The Morgan fingerprint density at radius 1 is 1.12 bits per heavy atom. The topological polar surface area (TPSA) is 80.9 Å². The standard InChI is InChI=1S/C18H18N4O2/c1-13-5-7-15(8-6-13)20-16(23)3-2-4-17-21-18(22-24-17)14-9-11-19-12-10-14/h5-12H,2-4H2,1H3,(H,20,23). The summed E-state index contributed by atoms with van der Waals surface area (Å²) in [6.45, 7) is 2.01. The molecule has 24 heavy (non-hydrogen) atoms. The molecule has 2 heterocycles. The number of nitrogens with one attached hydrogen (secondary N) is 1. The van der Waals surface area contributed by atoms with Crippen LogP contribution in [0.2, 0.25) is 0 Å². The van der Waals surface area contributed by atoms with E-state index in [0.29, 0.717) is 31.0 Å². The Bertz CT molecular complexity index is 797. The third-order valence-electron chi connectivity index (χ3n) is 3.54. The largest absolute Gasteiger partial charge is 0.339 e. The van der Waals surface area contributed by atoms with Crippen LogP contribution in [0.25, 0.3) is 11.4 Å². The Labute approximate surface area is 139 Å². The van der Waals surface area contributed by atoms with E-state index in [0.717, 1.165) is 16.8 Å². The van der Waals surface area contributed by atoms with Gasteiger partial charge in [-0.25, -0.2) is 0 Å². The second-order valence-corrected chi connectivity index (χ2v) is 5.52. The van der Waals surface area contributed by atoms with Gasteiger partial charge in [-0.15, -0.1) is 0 Å². The van der Waals surface area contributed by atoms with Gasteiger partial charge in [0, 0.05) is 36.5 Å². The average molecular weight is 322 g/mol. The summed E-state index contributed by atoms with van der Waals surface area (Å²) in [6.07, 6.45) is 4.98. The summed E-state index contributed by atoms with van der Waals surface area (Å²) in [5.74, 6) is 1.05. The zero-order valence-corrected chi connectivity index (χ0v) is 13.4. The normalized spacial score (nSPS) is 10.5. The lowest BCUT2D eigenvalue weighted by Crippen LogP contribution is -2.11. The van der Waals surface area contributed by atoms with E-state index in [1.54, 1.807) is 12.4 Å². The van der Waals surface area contributed by atoms with Crippen molar-refractivity contribution in [2.45, 2.75) is 26.2 Å². The van der Waals surface area contributed by atoms with Crippen LogP contribution < -0.4 is 5.32 Å². The molecule has 0 fully saturated rings. The Morgan fingerprint density at radius 2 is 1.88 bits per heavy atom. The van der Waals surface area contributed by atoms with Gasteiger partial charge in [0.25, 0.3) is 0 Å². The molecule has 0 radical (unpaired) electrons. The fourth-order valence-corrected chi connectivity index (χ4v) is 2.24. The van der Waals surface area contributed by atoms with Crippen molar-refractivity contribution >= 4 is 11.6 Å². The van der Waals surface area contributed by atoms with Gasteiger partial charge in [0.1, 0.15) is 0 Å². The quantitative estimate of drug-likeness (QED) is 0.752. The molecular formula is C18H18N4O2. The summed E-state index contributed by atoms with van der Waals surface area (Å²) in [7, 11) is 0. The SMILES string of the molecule is Cc1ccc(NC(=O)CCCc2nc(-c3ccncc3)no2)cc1. The number of aryl methyl sites for hydroxylation is 2. The van der Waals surface area contributed by atoms with Gasteiger partial charge in [0.2, 0.25) is 17.6 Å². The van der Waals surface area contributed by atoms with Crippen molar-refractivity contribution in [1.29, 1.82) is 0 Å². The first-order valence-electron chi connectivity index (χ1n) is 7.80. The molecule has 3 rings (SSSR count). The predicted octanol–water partition coefficient (Wildman–Crippen LogP) is 3.40. The summed E-state index contributed by atoms with van der Waals surface area (Å²) in [6, 6.07) is 11.4. The molecule has 0 saturated carbocycles. The van der Waals surface area contributed by atoms with Crippen molar-refractivity contribution < 1.29 is 9.32 Å². The van der Waals surface area contributed by atoms with Crippen LogP contribution >= 0.6 is 0 Å². The van der Waals surface area contributed by atoms with Crippen LogP contribution in [0.3, 0.4) is 0 Å². The number of nitrogens with zero attached hydrogens (tertiary/aromatic N) is 3. The monoisotopic (exact) mass is 322 g/mol. The zero-order chi connectivity index (χ0) is 16.8. The number of anilines is 1. The van der Waals surface area contributed by atoms with Gasteiger partial charge in [0.15, 0.2) is 0 Å². The van der Waals surface area contributed by atoms with Crippen LogP contribution in [-0.2, 0) is 11.2 Å². The molecule has 0 aliphatic rings. The molecule has 1 aromatic carbocycles. The molecule has 0 atom stereocenters. The van der Waals surface area contributed by atoms with E-state index in [2.05, 4.69) is 20.4 Å². The summed E-state index contributed by atoms with van der Waals surface area (Å²) in [5, 5.41) is 6.82. The Kier molecular flexibility index (Phi) is 4.96. The minimum Gasteiger partial charge on any atom is -0.339 e. The molecule has 1 amide bonds. The average Bonchev–Trinajstić information content (AvgIpc) is 3.07. The van der Waals surface area contributed by atoms with Gasteiger partial charge in [-0.05, 0) is 37.6 Å². The molecule has 6 nitrogen and oxygen atoms in total. The molecule has 0 saturated heterocycles. The number of benzene rings is 1. The summed E-state index contributed by atoms with van der Waals surface area (Å²) >= 11 is 0. The van der Waals surface area contributed by atoms with Crippen LogP contribution in [0.4, 0.5) is 5.69 Å². The summed E-state index contributed by atoms with van der Waals surface area (Å²) in [5.41, 5.74) is 2.83. The highest BCUT2D eigenvalue weighted by molar-refractivity contribution is 5.90. The highest BCUT2D eigenvalue weighted by Crippen LogP contribution is 2.15. The van der Waals surface area contributed by atoms with E-state index in [1.807, 2.05) is 43.3 Å². The van der Waals surface area contributed by atoms with E-state index in [4.69, 9.17) is 4.52 Å². The van der Waals surface area contributed by atoms with Gasteiger partial charge in [-0.1, -0.05) is 22.9 Å². The Balaban J connectivity index is 1.47. The molecule has 122 valence electrons. The highest BCUT2D eigenvalue weighted by Gasteiger charge is 2.09. The molecule has 1 N–H and O–H groups in total. The maximum absolute atomic E-state index is 11.9. The van der Waals surface area contributed by atoms with E-state index in [1.165, 1.54) is 0 Å². The van der Waals surface area contributed by atoms with Crippen molar-refractivity contribution in [3.63, 3.8) is 0 Å². The number of hydrogen-bond acceptors (Lipinski definition) is 5. The molecule has 6 heteroatoms. The summed E-state index contributed by atoms with van der Waals surface area (Å²) < 4.78 is 5.22. The minimum absolute atomic E-state index is 0.0206. The number of aromatic nitrogens is 3. The third kappa shape index (κ3) is 4.25. The van der Waals surface area contributed by atoms with E-state index < -0.39 is 0 Å². The van der Waals surface area contributed by atoms with Gasteiger partial charge in [0.05, 0.1) is 0 Å². The van der Waals surface area contributed by atoms with Gasteiger partial charge < -0.3 is 9.84 Å². The van der Waals surface area contributed by atoms with Crippen LogP contribution in [0.1, 0.15) is 24.3 Å². The first-order chi connectivity index (χ1) is 11.7. The van der Waals surface area contributed by atoms with Crippen LogP contribution in [0.15, 0.2) is 53.3 Å². The molecule has 0 bridgehead atoms. The minimum atomic E-state index is -0.0206. The fraction of sp³-hybridized carbons (Fsp3) is 0.222. The van der Waals surface area contributed by atoms with Crippen molar-refractivity contribution in [2.75, 3.05) is 5.32 Å². The zero-order valence-electron chi connectivity index (χ0n) is 13.4. The second-order valence-electron chi connectivity index (χ2n) is 5.52.